The lowest BCUT2D eigenvalue weighted by Crippen LogP contribution is -2.14. The van der Waals surface area contributed by atoms with Crippen LogP contribution < -0.4 is 10.1 Å². The van der Waals surface area contributed by atoms with Crippen molar-refractivity contribution in [2.24, 2.45) is 0 Å². The zero-order valence-corrected chi connectivity index (χ0v) is 13.0. The molecule has 0 bridgehead atoms. The predicted octanol–water partition coefficient (Wildman–Crippen LogP) is 2.83. The second-order valence-electron chi connectivity index (χ2n) is 5.75. The van der Waals surface area contributed by atoms with Crippen LogP contribution in [0.1, 0.15) is 18.2 Å². The molecule has 0 saturated carbocycles. The van der Waals surface area contributed by atoms with E-state index in [1.807, 2.05) is 25.1 Å². The molecule has 0 fully saturated rings. The second kappa shape index (κ2) is 5.84. The van der Waals surface area contributed by atoms with Crippen LogP contribution in [0.4, 0.5) is 5.82 Å². The Hall–Kier alpha value is -3.09. The van der Waals surface area contributed by atoms with Crippen LogP contribution in [0.2, 0.25) is 0 Å². The van der Waals surface area contributed by atoms with E-state index in [0.29, 0.717) is 17.3 Å². The van der Waals surface area contributed by atoms with E-state index >= 15 is 0 Å². The zero-order chi connectivity index (χ0) is 16.5. The van der Waals surface area contributed by atoms with Gasteiger partial charge in [0.05, 0.1) is 12.1 Å². The first-order valence-corrected chi connectivity index (χ1v) is 7.63. The summed E-state index contributed by atoms with van der Waals surface area (Å²) in [6.07, 6.45) is 2.56. The third-order valence-electron chi connectivity index (χ3n) is 3.79. The van der Waals surface area contributed by atoms with Gasteiger partial charge in [0.25, 0.3) is 0 Å². The van der Waals surface area contributed by atoms with Crippen LogP contribution >= 0.6 is 0 Å². The van der Waals surface area contributed by atoms with Gasteiger partial charge in [-0.3, -0.25) is 4.79 Å². The van der Waals surface area contributed by atoms with Crippen molar-refractivity contribution >= 4 is 11.7 Å². The Morgan fingerprint density at radius 2 is 2.21 bits per heavy atom. The summed E-state index contributed by atoms with van der Waals surface area (Å²) in [6.45, 7) is 2.04. The SMILES string of the molecule is CC1Cc2cc(-c3cc(CC(=O)Nc4ccon4)no3)ccc2O1. The van der Waals surface area contributed by atoms with Crippen molar-refractivity contribution in [3.63, 3.8) is 0 Å². The van der Waals surface area contributed by atoms with E-state index in [-0.39, 0.29) is 18.4 Å². The smallest absolute Gasteiger partial charge is 0.231 e. The molecule has 3 aromatic rings. The summed E-state index contributed by atoms with van der Waals surface area (Å²) >= 11 is 0. The van der Waals surface area contributed by atoms with Gasteiger partial charge in [-0.2, -0.15) is 0 Å². The number of amides is 1. The fourth-order valence-corrected chi connectivity index (χ4v) is 2.74. The van der Waals surface area contributed by atoms with Gasteiger partial charge in [-0.15, -0.1) is 0 Å². The number of carbonyl (C=O) groups is 1. The molecule has 24 heavy (non-hydrogen) atoms. The second-order valence-corrected chi connectivity index (χ2v) is 5.75. The molecular weight excluding hydrogens is 310 g/mol. The van der Waals surface area contributed by atoms with Gasteiger partial charge in [0.1, 0.15) is 18.1 Å². The summed E-state index contributed by atoms with van der Waals surface area (Å²) in [4.78, 5) is 11.9. The van der Waals surface area contributed by atoms with Gasteiger partial charge in [0.2, 0.25) is 5.91 Å². The number of hydrogen-bond acceptors (Lipinski definition) is 6. The van der Waals surface area contributed by atoms with Crippen molar-refractivity contribution in [1.82, 2.24) is 10.3 Å². The molecule has 7 nitrogen and oxygen atoms in total. The maximum atomic E-state index is 11.9. The normalized spacial score (nSPS) is 15.8. The van der Waals surface area contributed by atoms with Gasteiger partial charge in [-0.25, -0.2) is 0 Å². The van der Waals surface area contributed by atoms with E-state index in [0.717, 1.165) is 23.3 Å². The average molecular weight is 325 g/mol. The van der Waals surface area contributed by atoms with E-state index in [4.69, 9.17) is 9.26 Å². The highest BCUT2D eigenvalue weighted by atomic mass is 16.5. The maximum absolute atomic E-state index is 11.9. The standard InChI is InChI=1S/C17H15N3O4/c1-10-6-12-7-11(2-3-14(12)23-10)15-8-13(19-24-15)9-17(21)18-16-4-5-22-20-16/h2-5,7-8,10H,6,9H2,1H3,(H,18,20,21). The Balaban J connectivity index is 1.47. The quantitative estimate of drug-likeness (QED) is 0.793. The molecule has 1 N–H and O–H groups in total. The highest BCUT2D eigenvalue weighted by Crippen LogP contribution is 2.33. The van der Waals surface area contributed by atoms with E-state index in [2.05, 4.69) is 20.2 Å². The lowest BCUT2D eigenvalue weighted by molar-refractivity contribution is -0.115. The number of fused-ring (bicyclic) bond motifs is 1. The largest absolute Gasteiger partial charge is 0.490 e. The Bertz CT molecular complexity index is 870. The minimum absolute atomic E-state index is 0.0987. The highest BCUT2D eigenvalue weighted by molar-refractivity contribution is 5.91. The van der Waals surface area contributed by atoms with Crippen LogP contribution in [-0.2, 0) is 17.6 Å². The van der Waals surface area contributed by atoms with Crippen LogP contribution in [-0.4, -0.2) is 22.3 Å². The molecule has 4 rings (SSSR count). The molecule has 1 atom stereocenters. The number of benzene rings is 1. The van der Waals surface area contributed by atoms with Gasteiger partial charge in [-0.05, 0) is 30.7 Å². The number of carbonyl (C=O) groups excluding carboxylic acids is 1. The molecule has 3 heterocycles. The fraction of sp³-hybridized carbons (Fsp3) is 0.235. The summed E-state index contributed by atoms with van der Waals surface area (Å²) in [7, 11) is 0. The predicted molar refractivity (Wildman–Crippen MR) is 84.6 cm³/mol. The molecule has 0 radical (unpaired) electrons. The van der Waals surface area contributed by atoms with Crippen LogP contribution in [0.3, 0.4) is 0 Å². The van der Waals surface area contributed by atoms with Gasteiger partial charge >= 0.3 is 0 Å². The molecule has 0 saturated heterocycles. The maximum Gasteiger partial charge on any atom is 0.231 e. The molecular formula is C17H15N3O4. The Kier molecular flexibility index (Phi) is 3.53. The van der Waals surface area contributed by atoms with Crippen LogP contribution in [0, 0.1) is 0 Å². The number of anilines is 1. The van der Waals surface area contributed by atoms with Gasteiger partial charge in [0.15, 0.2) is 11.6 Å². The van der Waals surface area contributed by atoms with E-state index < -0.39 is 0 Å². The minimum Gasteiger partial charge on any atom is -0.490 e. The summed E-state index contributed by atoms with van der Waals surface area (Å²) in [5.74, 6) is 1.68. The number of hydrogen-bond donors (Lipinski definition) is 1. The summed E-state index contributed by atoms with van der Waals surface area (Å²) in [5, 5.41) is 10.2. The Morgan fingerprint density at radius 3 is 3.04 bits per heavy atom. The van der Waals surface area contributed by atoms with Crippen LogP contribution in [0.15, 0.2) is 45.6 Å². The number of nitrogens with one attached hydrogen (secondary N) is 1. The van der Waals surface area contributed by atoms with Crippen molar-refractivity contribution in [3.05, 3.63) is 47.9 Å². The molecule has 2 aromatic heterocycles. The van der Waals surface area contributed by atoms with Crippen molar-refractivity contribution in [2.45, 2.75) is 25.9 Å². The summed E-state index contributed by atoms with van der Waals surface area (Å²) in [5.41, 5.74) is 2.62. The molecule has 122 valence electrons. The van der Waals surface area contributed by atoms with Crippen molar-refractivity contribution < 1.29 is 18.6 Å². The lowest BCUT2D eigenvalue weighted by atomic mass is 10.1. The van der Waals surface area contributed by atoms with Gasteiger partial charge < -0.3 is 19.1 Å². The third-order valence-corrected chi connectivity index (χ3v) is 3.79. The average Bonchev–Trinajstić information content (AvgIpc) is 3.26. The molecule has 7 heteroatoms. The molecule has 1 aromatic carbocycles. The number of nitrogens with zero attached hydrogens (tertiary/aromatic N) is 2. The topological polar surface area (TPSA) is 90.4 Å². The molecule has 0 spiro atoms. The fourth-order valence-electron chi connectivity index (χ4n) is 2.74. The van der Waals surface area contributed by atoms with E-state index in [9.17, 15) is 4.79 Å². The third kappa shape index (κ3) is 2.88. The van der Waals surface area contributed by atoms with Crippen molar-refractivity contribution in [3.8, 4) is 17.1 Å². The van der Waals surface area contributed by atoms with Crippen LogP contribution in [0.25, 0.3) is 11.3 Å². The zero-order valence-electron chi connectivity index (χ0n) is 13.0. The molecule has 1 amide bonds. The van der Waals surface area contributed by atoms with Crippen LogP contribution in [0.5, 0.6) is 5.75 Å². The summed E-state index contributed by atoms with van der Waals surface area (Å²) in [6, 6.07) is 9.24. The minimum atomic E-state index is -0.236. The van der Waals surface area contributed by atoms with Crippen molar-refractivity contribution in [1.29, 1.82) is 0 Å². The number of rotatable bonds is 4. The Labute approximate surface area is 137 Å². The molecule has 1 aliphatic rings. The monoisotopic (exact) mass is 325 g/mol. The lowest BCUT2D eigenvalue weighted by Gasteiger charge is -2.02. The first kappa shape index (κ1) is 14.5. The first-order chi connectivity index (χ1) is 11.7. The van der Waals surface area contributed by atoms with Gasteiger partial charge in [-0.1, -0.05) is 10.3 Å². The Morgan fingerprint density at radius 1 is 1.29 bits per heavy atom. The molecule has 1 aliphatic heterocycles. The highest BCUT2D eigenvalue weighted by Gasteiger charge is 2.20. The number of aromatic nitrogens is 2. The van der Waals surface area contributed by atoms with E-state index in [1.54, 1.807) is 12.1 Å². The van der Waals surface area contributed by atoms with Crippen molar-refractivity contribution in [2.75, 3.05) is 5.32 Å². The van der Waals surface area contributed by atoms with Gasteiger partial charge in [0, 0.05) is 24.1 Å². The summed E-state index contributed by atoms with van der Waals surface area (Å²) < 4.78 is 15.7. The first-order valence-electron chi connectivity index (χ1n) is 7.63. The van der Waals surface area contributed by atoms with E-state index in [1.165, 1.54) is 6.26 Å². The number of ether oxygens (including phenoxy) is 1. The molecule has 1 unspecified atom stereocenters. The molecule has 0 aliphatic carbocycles.